The monoisotopic (exact) mass is 223 g/mol. The van der Waals surface area contributed by atoms with E-state index in [0.29, 0.717) is 12.5 Å². The summed E-state index contributed by atoms with van der Waals surface area (Å²) in [5.41, 5.74) is 0.154. The molecule has 2 heterocycles. The molecule has 0 N–H and O–H groups in total. The fourth-order valence-corrected chi connectivity index (χ4v) is 1.80. The van der Waals surface area contributed by atoms with Gasteiger partial charge in [0.1, 0.15) is 6.61 Å². The minimum absolute atomic E-state index is 0.154. The van der Waals surface area contributed by atoms with Crippen LogP contribution in [0.5, 0.6) is 0 Å². The summed E-state index contributed by atoms with van der Waals surface area (Å²) in [5, 5.41) is 4.54. The van der Waals surface area contributed by atoms with Crippen molar-refractivity contribution in [3.8, 4) is 0 Å². The third-order valence-corrected chi connectivity index (χ3v) is 3.00. The molecule has 16 heavy (non-hydrogen) atoms. The maximum atomic E-state index is 5.84. The minimum Gasteiger partial charge on any atom is -0.368 e. The number of aromatic nitrogens is 3. The Balaban J connectivity index is 2.21. The standard InChI is InChI=1S/C12H21N3O/c1-8(2)11-13-10-7-16-9(12(3,4)5)6-15(10)14-11/h8-9H,6-7H2,1-5H3. The van der Waals surface area contributed by atoms with Crippen LogP contribution in [-0.4, -0.2) is 20.9 Å². The van der Waals surface area contributed by atoms with Crippen molar-refractivity contribution >= 4 is 0 Å². The van der Waals surface area contributed by atoms with Gasteiger partial charge in [0.25, 0.3) is 0 Å². The lowest BCUT2D eigenvalue weighted by Gasteiger charge is -2.33. The van der Waals surface area contributed by atoms with E-state index in [1.807, 2.05) is 4.68 Å². The Bertz CT molecular complexity index is 376. The van der Waals surface area contributed by atoms with E-state index < -0.39 is 0 Å². The molecule has 1 unspecified atom stereocenters. The smallest absolute Gasteiger partial charge is 0.153 e. The van der Waals surface area contributed by atoms with Crippen LogP contribution in [0.1, 0.15) is 52.2 Å². The van der Waals surface area contributed by atoms with Gasteiger partial charge in [0, 0.05) is 5.92 Å². The molecule has 4 heteroatoms. The second-order valence-electron chi connectivity index (χ2n) is 5.89. The van der Waals surface area contributed by atoms with Crippen LogP contribution >= 0.6 is 0 Å². The second kappa shape index (κ2) is 3.84. The average Bonchev–Trinajstić information content (AvgIpc) is 2.58. The van der Waals surface area contributed by atoms with E-state index in [4.69, 9.17) is 4.74 Å². The Kier molecular flexibility index (Phi) is 2.78. The maximum Gasteiger partial charge on any atom is 0.153 e. The fraction of sp³-hybridized carbons (Fsp3) is 0.833. The van der Waals surface area contributed by atoms with Crippen molar-refractivity contribution in [3.05, 3.63) is 11.6 Å². The first-order valence-electron chi connectivity index (χ1n) is 5.93. The average molecular weight is 223 g/mol. The lowest BCUT2D eigenvalue weighted by molar-refractivity contribution is -0.0624. The lowest BCUT2D eigenvalue weighted by Crippen LogP contribution is -2.37. The van der Waals surface area contributed by atoms with Gasteiger partial charge in [-0.2, -0.15) is 5.10 Å². The Morgan fingerprint density at radius 3 is 2.62 bits per heavy atom. The zero-order valence-electron chi connectivity index (χ0n) is 10.8. The molecule has 1 aromatic rings. The first-order valence-corrected chi connectivity index (χ1v) is 5.93. The zero-order valence-corrected chi connectivity index (χ0v) is 10.8. The van der Waals surface area contributed by atoms with Crippen molar-refractivity contribution in [2.24, 2.45) is 5.41 Å². The molecule has 90 valence electrons. The van der Waals surface area contributed by atoms with Gasteiger partial charge in [0.15, 0.2) is 11.6 Å². The first kappa shape index (κ1) is 11.6. The number of ether oxygens (including phenoxy) is 1. The summed E-state index contributed by atoms with van der Waals surface area (Å²) < 4.78 is 7.85. The van der Waals surface area contributed by atoms with E-state index in [9.17, 15) is 0 Å². The van der Waals surface area contributed by atoms with Gasteiger partial charge in [-0.25, -0.2) is 9.67 Å². The van der Waals surface area contributed by atoms with Gasteiger partial charge in [-0.15, -0.1) is 0 Å². The van der Waals surface area contributed by atoms with Crippen LogP contribution in [0.3, 0.4) is 0 Å². The van der Waals surface area contributed by atoms with Crippen LogP contribution < -0.4 is 0 Å². The normalized spacial score (nSPS) is 21.2. The highest BCUT2D eigenvalue weighted by atomic mass is 16.5. The topological polar surface area (TPSA) is 39.9 Å². The van der Waals surface area contributed by atoms with Gasteiger partial charge >= 0.3 is 0 Å². The molecule has 0 saturated heterocycles. The summed E-state index contributed by atoms with van der Waals surface area (Å²) >= 11 is 0. The Morgan fingerprint density at radius 1 is 1.38 bits per heavy atom. The van der Waals surface area contributed by atoms with Gasteiger partial charge in [0.05, 0.1) is 12.6 Å². The summed E-state index contributed by atoms with van der Waals surface area (Å²) in [5.74, 6) is 2.27. The molecule has 4 nitrogen and oxygen atoms in total. The first-order chi connectivity index (χ1) is 7.38. The Labute approximate surface area is 97.0 Å². The quantitative estimate of drug-likeness (QED) is 0.733. The van der Waals surface area contributed by atoms with Crippen LogP contribution in [0.15, 0.2) is 0 Å². The molecule has 0 amide bonds. The van der Waals surface area contributed by atoms with Crippen molar-refractivity contribution in [2.45, 2.75) is 59.8 Å². The fourth-order valence-electron chi connectivity index (χ4n) is 1.80. The summed E-state index contributed by atoms with van der Waals surface area (Å²) in [4.78, 5) is 4.49. The number of nitrogens with zero attached hydrogens (tertiary/aromatic N) is 3. The van der Waals surface area contributed by atoms with E-state index in [1.54, 1.807) is 0 Å². The van der Waals surface area contributed by atoms with Gasteiger partial charge in [-0.05, 0) is 5.41 Å². The van der Waals surface area contributed by atoms with E-state index >= 15 is 0 Å². The van der Waals surface area contributed by atoms with Crippen LogP contribution in [0.4, 0.5) is 0 Å². The SMILES string of the molecule is CC(C)c1nc2n(n1)CC(C(C)(C)C)OC2. The molecular weight excluding hydrogens is 202 g/mol. The molecule has 1 aromatic heterocycles. The lowest BCUT2D eigenvalue weighted by atomic mass is 9.88. The third-order valence-electron chi connectivity index (χ3n) is 3.00. The molecular formula is C12H21N3O. The van der Waals surface area contributed by atoms with Crippen molar-refractivity contribution < 1.29 is 4.74 Å². The minimum atomic E-state index is 0.154. The second-order valence-corrected chi connectivity index (χ2v) is 5.89. The molecule has 0 aromatic carbocycles. The number of hydrogen-bond acceptors (Lipinski definition) is 3. The maximum absolute atomic E-state index is 5.84. The molecule has 1 aliphatic rings. The summed E-state index contributed by atoms with van der Waals surface area (Å²) in [6.07, 6.45) is 0.224. The summed E-state index contributed by atoms with van der Waals surface area (Å²) in [6.45, 7) is 12.2. The summed E-state index contributed by atoms with van der Waals surface area (Å²) in [6, 6.07) is 0. The van der Waals surface area contributed by atoms with Crippen LogP contribution in [-0.2, 0) is 17.9 Å². The highest BCUT2D eigenvalue weighted by molar-refractivity contribution is 4.99. The molecule has 0 aliphatic carbocycles. The predicted molar refractivity (Wildman–Crippen MR) is 62.1 cm³/mol. The van der Waals surface area contributed by atoms with Gasteiger partial charge in [0.2, 0.25) is 0 Å². The van der Waals surface area contributed by atoms with Crippen LogP contribution in [0.25, 0.3) is 0 Å². The largest absolute Gasteiger partial charge is 0.368 e. The van der Waals surface area contributed by atoms with Crippen molar-refractivity contribution in [1.29, 1.82) is 0 Å². The molecule has 1 atom stereocenters. The molecule has 0 spiro atoms. The molecule has 0 bridgehead atoms. The Hall–Kier alpha value is -0.900. The van der Waals surface area contributed by atoms with Crippen molar-refractivity contribution in [3.63, 3.8) is 0 Å². The van der Waals surface area contributed by atoms with Gasteiger partial charge in [-0.1, -0.05) is 34.6 Å². The van der Waals surface area contributed by atoms with E-state index in [-0.39, 0.29) is 11.5 Å². The van der Waals surface area contributed by atoms with Gasteiger partial charge < -0.3 is 4.74 Å². The highest BCUT2D eigenvalue weighted by Crippen LogP contribution is 2.28. The molecule has 0 fully saturated rings. The molecule has 2 rings (SSSR count). The van der Waals surface area contributed by atoms with Crippen LogP contribution in [0, 0.1) is 5.41 Å². The van der Waals surface area contributed by atoms with E-state index in [0.717, 1.165) is 18.2 Å². The van der Waals surface area contributed by atoms with Crippen LogP contribution in [0.2, 0.25) is 0 Å². The number of fused-ring (bicyclic) bond motifs is 1. The predicted octanol–water partition coefficient (Wildman–Crippen LogP) is 2.35. The van der Waals surface area contributed by atoms with Crippen molar-refractivity contribution in [2.75, 3.05) is 0 Å². The number of rotatable bonds is 1. The Morgan fingerprint density at radius 2 is 2.06 bits per heavy atom. The van der Waals surface area contributed by atoms with Crippen molar-refractivity contribution in [1.82, 2.24) is 14.8 Å². The molecule has 1 aliphatic heterocycles. The molecule has 0 saturated carbocycles. The number of hydrogen-bond donors (Lipinski definition) is 0. The van der Waals surface area contributed by atoms with E-state index in [1.165, 1.54) is 0 Å². The molecule has 0 radical (unpaired) electrons. The summed E-state index contributed by atoms with van der Waals surface area (Å²) in [7, 11) is 0. The third kappa shape index (κ3) is 2.12. The zero-order chi connectivity index (χ0) is 11.9. The van der Waals surface area contributed by atoms with E-state index in [2.05, 4.69) is 44.7 Å². The van der Waals surface area contributed by atoms with Gasteiger partial charge in [-0.3, -0.25) is 0 Å². The highest BCUT2D eigenvalue weighted by Gasteiger charge is 2.31.